The molecule has 5 nitrogen and oxygen atoms in total. The number of hydrogen-bond acceptors (Lipinski definition) is 3. The van der Waals surface area contributed by atoms with Crippen molar-refractivity contribution in [2.45, 2.75) is 31.4 Å². The van der Waals surface area contributed by atoms with Gasteiger partial charge in [0.2, 0.25) is 0 Å². The minimum Gasteiger partial charge on any atom is -0.486 e. The first-order chi connectivity index (χ1) is 13.5. The highest BCUT2D eigenvalue weighted by atomic mass is 19.1. The molecule has 2 aromatic carbocycles. The fraction of sp³-hybridized carbons (Fsp3) is 0.364. The van der Waals surface area contributed by atoms with E-state index in [0.717, 1.165) is 12.0 Å². The zero-order valence-corrected chi connectivity index (χ0v) is 15.9. The molecule has 6 heteroatoms. The Bertz CT molecular complexity index is 915. The van der Waals surface area contributed by atoms with Gasteiger partial charge in [0.05, 0.1) is 11.5 Å². The van der Waals surface area contributed by atoms with Gasteiger partial charge in [0.25, 0.3) is 11.8 Å². The summed E-state index contributed by atoms with van der Waals surface area (Å²) in [5.74, 6) is -0.146. The number of hydrogen-bond donors (Lipinski definition) is 2. The van der Waals surface area contributed by atoms with Crippen LogP contribution in [0.2, 0.25) is 0 Å². The molecule has 0 spiro atoms. The average Bonchev–Trinajstić information content (AvgIpc) is 3.27. The van der Waals surface area contributed by atoms with Gasteiger partial charge in [0, 0.05) is 24.2 Å². The van der Waals surface area contributed by atoms with Crippen LogP contribution in [-0.4, -0.2) is 37.7 Å². The van der Waals surface area contributed by atoms with Crippen molar-refractivity contribution in [2.24, 2.45) is 5.92 Å². The zero-order chi connectivity index (χ0) is 19.8. The van der Waals surface area contributed by atoms with Crippen molar-refractivity contribution < 1.29 is 18.7 Å². The van der Waals surface area contributed by atoms with Crippen LogP contribution in [0.4, 0.5) is 4.39 Å². The molecule has 4 rings (SSSR count). The Morgan fingerprint density at radius 1 is 1.18 bits per heavy atom. The molecule has 2 N–H and O–H groups in total. The molecule has 2 amide bonds. The first-order valence-corrected chi connectivity index (χ1v) is 9.52. The van der Waals surface area contributed by atoms with Gasteiger partial charge in [-0.05, 0) is 30.0 Å². The van der Waals surface area contributed by atoms with Crippen LogP contribution in [0.5, 0.6) is 5.75 Å². The largest absolute Gasteiger partial charge is 0.486 e. The molecule has 2 aromatic rings. The molecule has 146 valence electrons. The van der Waals surface area contributed by atoms with Gasteiger partial charge in [-0.15, -0.1) is 0 Å². The molecule has 0 unspecified atom stereocenters. The molecule has 2 aliphatic rings. The third-order valence-corrected chi connectivity index (χ3v) is 5.56. The van der Waals surface area contributed by atoms with Crippen LogP contribution in [0.25, 0.3) is 0 Å². The third-order valence-electron chi connectivity index (χ3n) is 5.56. The highest BCUT2D eigenvalue weighted by molar-refractivity contribution is 6.02. The van der Waals surface area contributed by atoms with E-state index >= 15 is 0 Å². The van der Waals surface area contributed by atoms with Crippen LogP contribution in [-0.2, 0) is 0 Å². The molecule has 4 atom stereocenters. The van der Waals surface area contributed by atoms with Gasteiger partial charge < -0.3 is 15.4 Å². The molecule has 1 aliphatic carbocycles. The molecule has 1 heterocycles. The summed E-state index contributed by atoms with van der Waals surface area (Å²) in [4.78, 5) is 25.2. The lowest BCUT2D eigenvalue weighted by Crippen LogP contribution is -2.27. The quantitative estimate of drug-likeness (QED) is 0.835. The highest BCUT2D eigenvalue weighted by Crippen LogP contribution is 2.45. The van der Waals surface area contributed by atoms with E-state index in [9.17, 15) is 14.0 Å². The van der Waals surface area contributed by atoms with Crippen LogP contribution in [0, 0.1) is 5.92 Å². The highest BCUT2D eigenvalue weighted by Gasteiger charge is 2.40. The summed E-state index contributed by atoms with van der Waals surface area (Å²) in [5, 5.41) is 5.57. The molecule has 0 saturated heterocycles. The maximum atomic E-state index is 13.8. The minimum atomic E-state index is -0.734. The SMILES string of the molecule is CNC(=O)c1cc(C(=O)N[C@H]2C[C@@H]2C)cc2c1O[C@H](CF)[C@H]2c1ccccc1. The Morgan fingerprint density at radius 3 is 2.50 bits per heavy atom. The van der Waals surface area contributed by atoms with Crippen LogP contribution in [0.1, 0.15) is 51.1 Å². The Hall–Kier alpha value is -2.89. The van der Waals surface area contributed by atoms with Gasteiger partial charge in [0.15, 0.2) is 0 Å². The number of amides is 2. The van der Waals surface area contributed by atoms with Crippen molar-refractivity contribution in [1.29, 1.82) is 0 Å². The normalized spacial score (nSPS) is 24.8. The second-order valence-electron chi connectivity index (χ2n) is 7.51. The Morgan fingerprint density at radius 2 is 1.89 bits per heavy atom. The molecule has 1 aliphatic heterocycles. The Balaban J connectivity index is 1.80. The Kier molecular flexibility index (Phi) is 4.79. The molecule has 28 heavy (non-hydrogen) atoms. The number of carbonyl (C=O) groups is 2. The predicted octanol–water partition coefficient (Wildman–Crippen LogP) is 3.05. The average molecular weight is 382 g/mol. The summed E-state index contributed by atoms with van der Waals surface area (Å²) < 4.78 is 19.6. The van der Waals surface area contributed by atoms with Gasteiger partial charge in [-0.2, -0.15) is 0 Å². The van der Waals surface area contributed by atoms with E-state index in [4.69, 9.17) is 4.74 Å². The second-order valence-corrected chi connectivity index (χ2v) is 7.51. The number of rotatable bonds is 5. The Labute approximate surface area is 163 Å². The summed E-state index contributed by atoms with van der Waals surface area (Å²) in [6.07, 6.45) is 0.223. The molecule has 0 bridgehead atoms. The third kappa shape index (κ3) is 3.23. The van der Waals surface area contributed by atoms with Gasteiger partial charge in [-0.1, -0.05) is 37.3 Å². The maximum absolute atomic E-state index is 13.8. The monoisotopic (exact) mass is 382 g/mol. The van der Waals surface area contributed by atoms with E-state index in [1.165, 1.54) is 13.1 Å². The lowest BCUT2D eigenvalue weighted by Gasteiger charge is -2.16. The summed E-state index contributed by atoms with van der Waals surface area (Å²) in [6, 6.07) is 12.9. The fourth-order valence-electron chi connectivity index (χ4n) is 3.82. The number of benzene rings is 2. The van der Waals surface area contributed by atoms with E-state index < -0.39 is 12.8 Å². The summed E-state index contributed by atoms with van der Waals surface area (Å²) in [5.41, 5.74) is 2.20. The molecular weight excluding hydrogens is 359 g/mol. The van der Waals surface area contributed by atoms with Crippen LogP contribution in [0.3, 0.4) is 0 Å². The van der Waals surface area contributed by atoms with E-state index in [1.54, 1.807) is 6.07 Å². The summed E-state index contributed by atoms with van der Waals surface area (Å²) >= 11 is 0. The molecular formula is C22H23FN2O3. The fourth-order valence-corrected chi connectivity index (χ4v) is 3.82. The van der Waals surface area contributed by atoms with Crippen LogP contribution >= 0.6 is 0 Å². The first-order valence-electron chi connectivity index (χ1n) is 9.52. The van der Waals surface area contributed by atoms with E-state index in [1.807, 2.05) is 30.3 Å². The van der Waals surface area contributed by atoms with Crippen molar-refractivity contribution in [2.75, 3.05) is 13.7 Å². The number of carbonyl (C=O) groups excluding carboxylic acids is 2. The van der Waals surface area contributed by atoms with Gasteiger partial charge in [-0.25, -0.2) is 4.39 Å². The molecule has 1 fully saturated rings. The topological polar surface area (TPSA) is 67.4 Å². The smallest absolute Gasteiger partial charge is 0.254 e. The number of ether oxygens (including phenoxy) is 1. The molecule has 0 radical (unpaired) electrons. The summed E-state index contributed by atoms with van der Waals surface area (Å²) in [6.45, 7) is 1.39. The van der Waals surface area contributed by atoms with Crippen molar-refractivity contribution >= 4 is 11.8 Å². The minimum absolute atomic E-state index is 0.170. The van der Waals surface area contributed by atoms with Crippen LogP contribution < -0.4 is 15.4 Å². The van der Waals surface area contributed by atoms with Gasteiger partial charge in [-0.3, -0.25) is 9.59 Å². The van der Waals surface area contributed by atoms with Crippen LogP contribution in [0.15, 0.2) is 42.5 Å². The lowest BCUT2D eigenvalue weighted by atomic mass is 9.86. The van der Waals surface area contributed by atoms with Gasteiger partial charge in [0.1, 0.15) is 18.5 Å². The van der Waals surface area contributed by atoms with Crippen molar-refractivity contribution in [3.8, 4) is 5.75 Å². The number of fused-ring (bicyclic) bond motifs is 1. The van der Waals surface area contributed by atoms with Crippen molar-refractivity contribution in [3.63, 3.8) is 0 Å². The standard InChI is InChI=1S/C22H23FN2O3/c1-12-8-17(12)25-21(26)14-9-15-19(13-6-4-3-5-7-13)18(11-23)28-20(15)16(10-14)22(27)24-2/h3-7,9-10,12,17-19H,8,11H2,1-2H3,(H,24,27)(H,25,26)/t12-,17-,18+,19-/m0/s1. The predicted molar refractivity (Wildman–Crippen MR) is 104 cm³/mol. The van der Waals surface area contributed by atoms with Gasteiger partial charge >= 0.3 is 0 Å². The number of nitrogens with one attached hydrogen (secondary N) is 2. The van der Waals surface area contributed by atoms with E-state index in [-0.39, 0.29) is 29.3 Å². The summed E-state index contributed by atoms with van der Waals surface area (Å²) in [7, 11) is 1.52. The number of alkyl halides is 1. The molecule has 1 saturated carbocycles. The second kappa shape index (κ2) is 7.26. The first kappa shape index (κ1) is 18.5. The van der Waals surface area contributed by atoms with E-state index in [0.29, 0.717) is 22.8 Å². The lowest BCUT2D eigenvalue weighted by molar-refractivity contribution is 0.0949. The zero-order valence-electron chi connectivity index (χ0n) is 15.9. The number of halogens is 1. The van der Waals surface area contributed by atoms with Crippen molar-refractivity contribution in [3.05, 3.63) is 64.7 Å². The molecule has 0 aromatic heterocycles. The van der Waals surface area contributed by atoms with Crippen molar-refractivity contribution in [1.82, 2.24) is 10.6 Å². The maximum Gasteiger partial charge on any atom is 0.254 e. The van der Waals surface area contributed by atoms with E-state index in [2.05, 4.69) is 17.6 Å².